The molecule has 2 heterocycles. The molecule has 11 atom stereocenters. The van der Waals surface area contributed by atoms with E-state index in [1.54, 1.807) is 27.7 Å². The van der Waals surface area contributed by atoms with Crippen molar-refractivity contribution in [1.82, 2.24) is 0 Å². The minimum Gasteiger partial charge on any atom is -0.479 e. The molecule has 12 heteroatoms. The predicted octanol–water partition coefficient (Wildman–Crippen LogP) is -1.13. The fourth-order valence-corrected chi connectivity index (χ4v) is 4.55. The number of rotatable bonds is 5. The maximum absolute atomic E-state index is 11.8. The smallest absolute Gasteiger partial charge is 0.336 e. The SMILES string of the molecule is C.CC(C)(C)[C@H]1OC(CO)[C@H](O)[C@H](O)C1O.C[C@@H]1C(O)C[C@@](C(=O)O)(C(C)(C)C)OC1[C@H](O)[C@H](O)CO. The fourth-order valence-electron chi connectivity index (χ4n) is 4.55. The van der Waals surface area contributed by atoms with Crippen molar-refractivity contribution in [1.29, 1.82) is 0 Å². The molecule has 0 bridgehead atoms. The number of carbonyl (C=O) groups is 1. The fraction of sp³-hybridized carbons (Fsp3) is 0.960. The average molecular weight is 543 g/mol. The Hall–Kier alpha value is -0.930. The second-order valence-corrected chi connectivity index (χ2v) is 12.0. The predicted molar refractivity (Wildman–Crippen MR) is 134 cm³/mol. The number of carboxylic acids is 1. The lowest BCUT2D eigenvalue weighted by Crippen LogP contribution is -2.64. The van der Waals surface area contributed by atoms with Gasteiger partial charge in [0, 0.05) is 17.8 Å². The van der Waals surface area contributed by atoms with Crippen LogP contribution in [0.4, 0.5) is 0 Å². The summed E-state index contributed by atoms with van der Waals surface area (Å²) in [6.07, 6.45) is -10.3. The monoisotopic (exact) mass is 542 g/mol. The molecule has 0 aromatic carbocycles. The number of hydrogen-bond acceptors (Lipinski definition) is 11. The number of ether oxygens (including phenoxy) is 2. The normalized spacial score (nSPS) is 38.5. The molecule has 9 N–H and O–H groups in total. The molecule has 0 aromatic rings. The van der Waals surface area contributed by atoms with Gasteiger partial charge < -0.3 is 55.4 Å². The quantitative estimate of drug-likeness (QED) is 0.201. The van der Waals surface area contributed by atoms with Gasteiger partial charge in [-0.15, -0.1) is 0 Å². The van der Waals surface area contributed by atoms with Gasteiger partial charge in [-0.2, -0.15) is 0 Å². The van der Waals surface area contributed by atoms with E-state index in [-0.39, 0.29) is 25.9 Å². The van der Waals surface area contributed by atoms with Crippen LogP contribution in [-0.4, -0.2) is 126 Å². The van der Waals surface area contributed by atoms with E-state index in [1.165, 1.54) is 0 Å². The summed E-state index contributed by atoms with van der Waals surface area (Å²) >= 11 is 0. The van der Waals surface area contributed by atoms with E-state index >= 15 is 0 Å². The van der Waals surface area contributed by atoms with Crippen LogP contribution in [0.3, 0.4) is 0 Å². The van der Waals surface area contributed by atoms with E-state index in [2.05, 4.69) is 0 Å². The van der Waals surface area contributed by atoms with E-state index < -0.39 is 84.4 Å². The van der Waals surface area contributed by atoms with Crippen molar-refractivity contribution in [3.63, 3.8) is 0 Å². The van der Waals surface area contributed by atoms with Crippen molar-refractivity contribution in [3.8, 4) is 0 Å². The lowest BCUT2D eigenvalue weighted by atomic mass is 9.68. The summed E-state index contributed by atoms with van der Waals surface area (Å²) in [7, 11) is 0. The molecule has 0 amide bonds. The van der Waals surface area contributed by atoms with Crippen molar-refractivity contribution in [2.45, 2.75) is 123 Å². The first-order valence-corrected chi connectivity index (χ1v) is 12.1. The van der Waals surface area contributed by atoms with Crippen molar-refractivity contribution < 1.29 is 60.2 Å². The van der Waals surface area contributed by atoms with Gasteiger partial charge in [0.05, 0.1) is 31.5 Å². The maximum Gasteiger partial charge on any atom is 0.336 e. The molecule has 0 spiro atoms. The second kappa shape index (κ2) is 13.4. The topological polar surface area (TPSA) is 218 Å². The first-order chi connectivity index (χ1) is 16.3. The molecule has 0 radical (unpaired) electrons. The minimum atomic E-state index is -1.68. The highest BCUT2D eigenvalue weighted by Gasteiger charge is 2.58. The Labute approximate surface area is 219 Å². The Morgan fingerprint density at radius 3 is 1.86 bits per heavy atom. The molecular weight excluding hydrogens is 492 g/mol. The molecule has 2 aliphatic rings. The van der Waals surface area contributed by atoms with E-state index in [9.17, 15) is 40.5 Å². The highest BCUT2D eigenvalue weighted by atomic mass is 16.6. The number of aliphatic hydroxyl groups excluding tert-OH is 8. The third-order valence-electron chi connectivity index (χ3n) is 7.18. The zero-order valence-corrected chi connectivity index (χ0v) is 22.1. The zero-order valence-electron chi connectivity index (χ0n) is 22.1. The molecule has 2 saturated heterocycles. The Morgan fingerprint density at radius 2 is 1.49 bits per heavy atom. The second-order valence-electron chi connectivity index (χ2n) is 12.0. The first-order valence-electron chi connectivity index (χ1n) is 12.1. The van der Waals surface area contributed by atoms with Crippen molar-refractivity contribution in [2.75, 3.05) is 13.2 Å². The Bertz CT molecular complexity index is 703. The van der Waals surface area contributed by atoms with Crippen LogP contribution >= 0.6 is 0 Å². The first kappa shape index (κ1) is 36.1. The lowest BCUT2D eigenvalue weighted by molar-refractivity contribution is -0.261. The van der Waals surface area contributed by atoms with Crippen LogP contribution in [-0.2, 0) is 14.3 Å². The zero-order chi connectivity index (χ0) is 28.4. The molecule has 0 aliphatic carbocycles. The van der Waals surface area contributed by atoms with Gasteiger partial charge in [0.1, 0.15) is 36.6 Å². The van der Waals surface area contributed by atoms with E-state index in [0.29, 0.717) is 0 Å². The largest absolute Gasteiger partial charge is 0.479 e. The maximum atomic E-state index is 11.8. The number of aliphatic carboxylic acids is 1. The molecule has 222 valence electrons. The highest BCUT2D eigenvalue weighted by Crippen LogP contribution is 2.45. The Morgan fingerprint density at radius 1 is 0.973 bits per heavy atom. The number of aliphatic hydroxyl groups is 8. The third kappa shape index (κ3) is 7.81. The number of hydrogen-bond donors (Lipinski definition) is 9. The summed E-state index contributed by atoms with van der Waals surface area (Å²) in [5.74, 6) is -1.80. The van der Waals surface area contributed by atoms with E-state index in [4.69, 9.17) is 19.7 Å². The molecule has 0 saturated carbocycles. The van der Waals surface area contributed by atoms with Crippen LogP contribution in [0, 0.1) is 16.7 Å². The average Bonchev–Trinajstić information content (AvgIpc) is 2.77. The van der Waals surface area contributed by atoms with Gasteiger partial charge in [0.15, 0.2) is 5.60 Å². The van der Waals surface area contributed by atoms with Gasteiger partial charge in [0.2, 0.25) is 0 Å². The summed E-state index contributed by atoms with van der Waals surface area (Å²) in [5.41, 5.74) is -2.88. The summed E-state index contributed by atoms with van der Waals surface area (Å²) in [6.45, 7) is 11.2. The highest BCUT2D eigenvalue weighted by molar-refractivity contribution is 5.79. The van der Waals surface area contributed by atoms with Gasteiger partial charge in [-0.3, -0.25) is 0 Å². The van der Waals surface area contributed by atoms with Gasteiger partial charge >= 0.3 is 5.97 Å². The Kier molecular flexibility index (Phi) is 13.1. The molecule has 37 heavy (non-hydrogen) atoms. The van der Waals surface area contributed by atoms with E-state index in [1.807, 2.05) is 20.8 Å². The molecular formula is C25H50O12. The van der Waals surface area contributed by atoms with Crippen LogP contribution in [0.25, 0.3) is 0 Å². The lowest BCUT2D eigenvalue weighted by Gasteiger charge is -2.51. The van der Waals surface area contributed by atoms with Gasteiger partial charge in [-0.25, -0.2) is 4.79 Å². The standard InChI is InChI=1S/C14H26O7.C10H20O5.CH4/c1-7-8(16)5-14(12(19)20,13(2,3)4)21-11(7)10(18)9(17)6-15;1-10(2,3)9-8(14)7(13)6(12)5(4-11)15-9;/h7-11,15-18H,5-6H2,1-4H3,(H,19,20);5-9,11-14H,4H2,1-3H3;1H4/t7-,8?,9-,10-,11?,14-;5?,6-,7-,8?,9-;/m10./s1. The van der Waals surface area contributed by atoms with E-state index in [0.717, 1.165) is 0 Å². The molecule has 12 nitrogen and oxygen atoms in total. The van der Waals surface area contributed by atoms with Crippen LogP contribution in [0.15, 0.2) is 0 Å². The minimum absolute atomic E-state index is 0. The van der Waals surface area contributed by atoms with Crippen molar-refractivity contribution in [2.24, 2.45) is 16.7 Å². The summed E-state index contributed by atoms with van der Waals surface area (Å²) in [4.78, 5) is 11.8. The van der Waals surface area contributed by atoms with Gasteiger partial charge in [-0.05, 0) is 5.41 Å². The van der Waals surface area contributed by atoms with Crippen molar-refractivity contribution >= 4 is 5.97 Å². The van der Waals surface area contributed by atoms with Crippen LogP contribution in [0.2, 0.25) is 0 Å². The van der Waals surface area contributed by atoms with Gasteiger partial charge in [-0.1, -0.05) is 55.9 Å². The molecule has 4 unspecified atom stereocenters. The third-order valence-corrected chi connectivity index (χ3v) is 7.18. The molecule has 2 rings (SSSR count). The summed E-state index contributed by atoms with van der Waals surface area (Å²) < 4.78 is 11.1. The van der Waals surface area contributed by atoms with Crippen molar-refractivity contribution in [3.05, 3.63) is 0 Å². The summed E-state index contributed by atoms with van der Waals surface area (Å²) in [6, 6.07) is 0. The molecule has 0 aromatic heterocycles. The molecule has 2 aliphatic heterocycles. The van der Waals surface area contributed by atoms with Crippen LogP contribution in [0.5, 0.6) is 0 Å². The van der Waals surface area contributed by atoms with Crippen LogP contribution in [0.1, 0.15) is 62.3 Å². The van der Waals surface area contributed by atoms with Crippen LogP contribution < -0.4 is 0 Å². The van der Waals surface area contributed by atoms with Gasteiger partial charge in [0.25, 0.3) is 0 Å². The summed E-state index contributed by atoms with van der Waals surface area (Å²) in [5, 5.41) is 86.2. The molecule has 2 fully saturated rings. The Balaban J connectivity index is 0.000000718. The number of carboxylic acid groups (broad SMARTS) is 1.